The molecule has 4 nitrogen and oxygen atoms in total. The Morgan fingerprint density at radius 2 is 1.65 bits per heavy atom. The largest absolute Gasteiger partial charge is 0.235 e. The fourth-order valence-electron chi connectivity index (χ4n) is 1.33. The van der Waals surface area contributed by atoms with Crippen molar-refractivity contribution in [1.29, 1.82) is 10.5 Å². The average molecular weight is 285 g/mol. The number of aromatic nitrogens is 2. The van der Waals surface area contributed by atoms with Crippen LogP contribution in [-0.2, 0) is 0 Å². The van der Waals surface area contributed by atoms with Gasteiger partial charge in [-0.1, -0.05) is 22.0 Å². The minimum absolute atomic E-state index is 0.304. The summed E-state index contributed by atoms with van der Waals surface area (Å²) in [6, 6.07) is 12.4. The van der Waals surface area contributed by atoms with Crippen molar-refractivity contribution in [3.8, 4) is 23.5 Å². The van der Waals surface area contributed by atoms with Gasteiger partial charge in [0.25, 0.3) is 0 Å². The van der Waals surface area contributed by atoms with E-state index in [-0.39, 0.29) is 0 Å². The van der Waals surface area contributed by atoms with Gasteiger partial charge in [-0.15, -0.1) is 0 Å². The first-order valence-electron chi connectivity index (χ1n) is 4.68. The van der Waals surface area contributed by atoms with Crippen LogP contribution < -0.4 is 0 Å². The smallest absolute Gasteiger partial charge is 0.142 e. The quantitative estimate of drug-likeness (QED) is 0.807. The molecule has 0 unspecified atom stereocenters. The molecule has 5 heteroatoms. The monoisotopic (exact) mass is 284 g/mol. The summed E-state index contributed by atoms with van der Waals surface area (Å²) >= 11 is 3.30. The van der Waals surface area contributed by atoms with Gasteiger partial charge in [0.1, 0.15) is 23.5 Å². The summed E-state index contributed by atoms with van der Waals surface area (Å²) in [5.41, 5.74) is 1.76. The number of rotatable bonds is 1. The second kappa shape index (κ2) is 4.73. The third kappa shape index (κ3) is 2.47. The lowest BCUT2D eigenvalue weighted by Gasteiger charge is -2.01. The van der Waals surface area contributed by atoms with Crippen molar-refractivity contribution in [3.63, 3.8) is 0 Å². The molecule has 0 fully saturated rings. The van der Waals surface area contributed by atoms with Gasteiger partial charge >= 0.3 is 0 Å². The molecule has 0 radical (unpaired) electrons. The number of nitrogens with zero attached hydrogens (tertiary/aromatic N) is 4. The highest BCUT2D eigenvalue weighted by Gasteiger charge is 2.05. The Bertz CT molecular complexity index is 652. The van der Waals surface area contributed by atoms with Gasteiger partial charge in [0.05, 0.1) is 11.4 Å². The van der Waals surface area contributed by atoms with Crippen LogP contribution in [0, 0.1) is 22.7 Å². The lowest BCUT2D eigenvalue weighted by Crippen LogP contribution is -1.92. The molecule has 0 N–H and O–H groups in total. The Balaban J connectivity index is 2.57. The molecule has 0 amide bonds. The molecule has 0 aliphatic heterocycles. The SMILES string of the molecule is N#Cc1cccc(-c2cc(Br)cc(C#N)n2)n1. The average Bonchev–Trinajstić information content (AvgIpc) is 2.38. The van der Waals surface area contributed by atoms with Gasteiger partial charge < -0.3 is 0 Å². The van der Waals surface area contributed by atoms with Crippen molar-refractivity contribution in [2.45, 2.75) is 0 Å². The third-order valence-electron chi connectivity index (χ3n) is 2.03. The second-order valence-corrected chi connectivity index (χ2v) is 4.10. The van der Waals surface area contributed by atoms with E-state index in [9.17, 15) is 0 Å². The van der Waals surface area contributed by atoms with Gasteiger partial charge in [-0.05, 0) is 24.3 Å². The van der Waals surface area contributed by atoms with E-state index < -0.39 is 0 Å². The van der Waals surface area contributed by atoms with Crippen molar-refractivity contribution in [1.82, 2.24) is 9.97 Å². The van der Waals surface area contributed by atoms with Gasteiger partial charge in [-0.3, -0.25) is 0 Å². The summed E-state index contributed by atoms with van der Waals surface area (Å²) in [5.74, 6) is 0. The van der Waals surface area contributed by atoms with E-state index in [4.69, 9.17) is 10.5 Å². The van der Waals surface area contributed by atoms with Crippen LogP contribution in [0.15, 0.2) is 34.8 Å². The molecule has 2 aromatic rings. The van der Waals surface area contributed by atoms with Crippen molar-refractivity contribution in [2.75, 3.05) is 0 Å². The van der Waals surface area contributed by atoms with Gasteiger partial charge in [-0.25, -0.2) is 9.97 Å². The molecule has 0 aliphatic rings. The van der Waals surface area contributed by atoms with Crippen LogP contribution in [0.3, 0.4) is 0 Å². The molecule has 0 aliphatic carbocycles. The van der Waals surface area contributed by atoms with E-state index in [1.165, 1.54) is 0 Å². The topological polar surface area (TPSA) is 73.4 Å². The normalized spacial score (nSPS) is 9.35. The van der Waals surface area contributed by atoms with E-state index in [1.807, 2.05) is 12.1 Å². The van der Waals surface area contributed by atoms with E-state index in [1.54, 1.807) is 30.3 Å². The third-order valence-corrected chi connectivity index (χ3v) is 2.49. The lowest BCUT2D eigenvalue weighted by atomic mass is 10.2. The maximum absolute atomic E-state index is 8.83. The predicted molar refractivity (Wildman–Crippen MR) is 64.6 cm³/mol. The highest BCUT2D eigenvalue weighted by atomic mass is 79.9. The summed E-state index contributed by atoms with van der Waals surface area (Å²) < 4.78 is 0.753. The highest BCUT2D eigenvalue weighted by molar-refractivity contribution is 9.10. The molecule has 0 atom stereocenters. The van der Waals surface area contributed by atoms with Crippen molar-refractivity contribution in [2.24, 2.45) is 0 Å². The minimum Gasteiger partial charge on any atom is -0.235 e. The zero-order valence-electron chi connectivity index (χ0n) is 8.55. The molecule has 2 rings (SSSR count). The van der Waals surface area contributed by atoms with E-state index >= 15 is 0 Å². The molecule has 80 valence electrons. The Hall–Kier alpha value is -2.24. The zero-order chi connectivity index (χ0) is 12.3. The molecule has 17 heavy (non-hydrogen) atoms. The van der Waals surface area contributed by atoms with Crippen LogP contribution in [0.5, 0.6) is 0 Å². The van der Waals surface area contributed by atoms with E-state index in [0.717, 1.165) is 4.47 Å². The predicted octanol–water partition coefficient (Wildman–Crippen LogP) is 2.65. The number of hydrogen-bond donors (Lipinski definition) is 0. The van der Waals surface area contributed by atoms with E-state index in [0.29, 0.717) is 22.8 Å². The fourth-order valence-corrected chi connectivity index (χ4v) is 1.76. The fraction of sp³-hybridized carbons (Fsp3) is 0. The van der Waals surface area contributed by atoms with Gasteiger partial charge in [0.2, 0.25) is 0 Å². The molecule has 0 bridgehead atoms. The highest BCUT2D eigenvalue weighted by Crippen LogP contribution is 2.20. The maximum atomic E-state index is 8.83. The molecule has 0 saturated heterocycles. The molecular weight excluding hydrogens is 280 g/mol. The molecule has 0 spiro atoms. The summed E-state index contributed by atoms with van der Waals surface area (Å²) in [5, 5.41) is 17.6. The number of pyridine rings is 2. The van der Waals surface area contributed by atoms with Gasteiger partial charge in [0.15, 0.2) is 0 Å². The summed E-state index contributed by atoms with van der Waals surface area (Å²) in [6.45, 7) is 0. The van der Waals surface area contributed by atoms with Crippen LogP contribution in [0.25, 0.3) is 11.4 Å². The minimum atomic E-state index is 0.304. The second-order valence-electron chi connectivity index (χ2n) is 3.19. The van der Waals surface area contributed by atoms with Crippen molar-refractivity contribution >= 4 is 15.9 Å². The number of nitriles is 2. The van der Waals surface area contributed by atoms with Crippen LogP contribution in [-0.4, -0.2) is 9.97 Å². The molecular formula is C12H5BrN4. The van der Waals surface area contributed by atoms with Crippen molar-refractivity contribution < 1.29 is 0 Å². The first-order chi connectivity index (χ1) is 8.22. The van der Waals surface area contributed by atoms with Crippen LogP contribution in [0.1, 0.15) is 11.4 Å². The standard InChI is InChI=1S/C12H5BrN4/c13-8-4-10(7-15)17-12(5-8)11-3-1-2-9(6-14)16-11/h1-5H. The van der Waals surface area contributed by atoms with Crippen LogP contribution in [0.2, 0.25) is 0 Å². The zero-order valence-corrected chi connectivity index (χ0v) is 10.1. The Morgan fingerprint density at radius 3 is 2.35 bits per heavy atom. The van der Waals surface area contributed by atoms with Crippen molar-refractivity contribution in [3.05, 3.63) is 46.2 Å². The summed E-state index contributed by atoms with van der Waals surface area (Å²) in [6.07, 6.45) is 0. The number of hydrogen-bond acceptors (Lipinski definition) is 4. The van der Waals surface area contributed by atoms with Crippen LogP contribution in [0.4, 0.5) is 0 Å². The molecule has 2 heterocycles. The van der Waals surface area contributed by atoms with E-state index in [2.05, 4.69) is 25.9 Å². The maximum Gasteiger partial charge on any atom is 0.142 e. The summed E-state index contributed by atoms with van der Waals surface area (Å²) in [7, 11) is 0. The Labute approximate surface area is 106 Å². The van der Waals surface area contributed by atoms with Gasteiger partial charge in [-0.2, -0.15) is 10.5 Å². The Kier molecular flexibility index (Phi) is 3.13. The lowest BCUT2D eigenvalue weighted by molar-refractivity contribution is 1.19. The molecule has 0 aromatic carbocycles. The van der Waals surface area contributed by atoms with Gasteiger partial charge in [0, 0.05) is 4.47 Å². The first-order valence-corrected chi connectivity index (χ1v) is 5.47. The number of halogens is 1. The Morgan fingerprint density at radius 1 is 0.941 bits per heavy atom. The summed E-state index contributed by atoms with van der Waals surface area (Å²) in [4.78, 5) is 8.26. The molecule has 0 saturated carbocycles. The first kappa shape index (κ1) is 11.3. The van der Waals surface area contributed by atoms with Crippen LogP contribution >= 0.6 is 15.9 Å². The molecule has 2 aromatic heterocycles.